The van der Waals surface area contributed by atoms with E-state index >= 15 is 0 Å². The summed E-state index contributed by atoms with van der Waals surface area (Å²) in [6.45, 7) is 1.96. The average molecular weight is 455 g/mol. The molecule has 2 amide bonds. The summed E-state index contributed by atoms with van der Waals surface area (Å²) in [4.78, 5) is 28.9. The molecule has 0 aromatic heterocycles. The zero-order valence-electron chi connectivity index (χ0n) is 15.9. The standard InChI is InChI=1S/C23H16Cl2N2O2S/c1-14-7-5-8-15(13-14)26-20-21(30-16-9-3-2-4-10-16)23(29)27(22(20)28)18-12-6-11-17(24)19(18)25/h2-13,26H,1H3. The lowest BCUT2D eigenvalue weighted by atomic mass is 10.2. The maximum absolute atomic E-state index is 13.3. The van der Waals surface area contributed by atoms with Crippen LogP contribution in [0.15, 0.2) is 88.3 Å². The van der Waals surface area contributed by atoms with Crippen LogP contribution in [0.2, 0.25) is 10.0 Å². The molecule has 3 aromatic rings. The van der Waals surface area contributed by atoms with Gasteiger partial charge in [-0.25, -0.2) is 4.90 Å². The molecule has 0 bridgehead atoms. The zero-order valence-corrected chi connectivity index (χ0v) is 18.2. The quantitative estimate of drug-likeness (QED) is 0.460. The van der Waals surface area contributed by atoms with Gasteiger partial charge >= 0.3 is 0 Å². The Kier molecular flexibility index (Phi) is 5.86. The van der Waals surface area contributed by atoms with Gasteiger partial charge in [-0.05, 0) is 48.9 Å². The molecule has 1 heterocycles. The van der Waals surface area contributed by atoms with Gasteiger partial charge in [0.25, 0.3) is 11.8 Å². The van der Waals surface area contributed by atoms with Crippen LogP contribution in [-0.2, 0) is 9.59 Å². The number of carbonyl (C=O) groups excluding carboxylic acids is 2. The third-order valence-corrected chi connectivity index (χ3v) is 6.36. The number of imide groups is 1. The average Bonchev–Trinajstić information content (AvgIpc) is 2.95. The molecule has 4 nitrogen and oxygen atoms in total. The van der Waals surface area contributed by atoms with Gasteiger partial charge < -0.3 is 5.32 Å². The fourth-order valence-electron chi connectivity index (χ4n) is 3.07. The van der Waals surface area contributed by atoms with E-state index in [9.17, 15) is 9.59 Å². The van der Waals surface area contributed by atoms with Crippen molar-refractivity contribution in [1.82, 2.24) is 0 Å². The molecule has 1 aliphatic heterocycles. The fourth-order valence-corrected chi connectivity index (χ4v) is 4.40. The maximum atomic E-state index is 13.3. The van der Waals surface area contributed by atoms with Crippen LogP contribution < -0.4 is 10.2 Å². The van der Waals surface area contributed by atoms with Gasteiger partial charge in [0, 0.05) is 10.6 Å². The summed E-state index contributed by atoms with van der Waals surface area (Å²) in [6.07, 6.45) is 0. The van der Waals surface area contributed by atoms with Crippen molar-refractivity contribution >= 4 is 58.2 Å². The second-order valence-corrected chi connectivity index (χ2v) is 8.50. The van der Waals surface area contributed by atoms with E-state index in [-0.39, 0.29) is 21.4 Å². The summed E-state index contributed by atoms with van der Waals surface area (Å²) < 4.78 is 0. The predicted octanol–water partition coefficient (Wildman–Crippen LogP) is 6.29. The Morgan fingerprint density at radius 2 is 1.60 bits per heavy atom. The summed E-state index contributed by atoms with van der Waals surface area (Å²) in [6, 6.07) is 21.9. The third kappa shape index (κ3) is 3.97. The summed E-state index contributed by atoms with van der Waals surface area (Å²) in [5.41, 5.74) is 2.21. The third-order valence-electron chi connectivity index (χ3n) is 4.46. The number of rotatable bonds is 5. The second kappa shape index (κ2) is 8.56. The lowest BCUT2D eigenvalue weighted by molar-refractivity contribution is -0.120. The van der Waals surface area contributed by atoms with Crippen molar-refractivity contribution in [3.8, 4) is 0 Å². The van der Waals surface area contributed by atoms with Crippen molar-refractivity contribution in [3.63, 3.8) is 0 Å². The molecular formula is C23H16Cl2N2O2S. The highest BCUT2D eigenvalue weighted by atomic mass is 35.5. The Morgan fingerprint density at radius 3 is 2.33 bits per heavy atom. The van der Waals surface area contributed by atoms with Gasteiger partial charge in [-0.1, -0.05) is 71.4 Å². The van der Waals surface area contributed by atoms with Gasteiger partial charge in [-0.3, -0.25) is 9.59 Å². The smallest absolute Gasteiger partial charge is 0.283 e. The van der Waals surface area contributed by atoms with Crippen LogP contribution in [0.4, 0.5) is 11.4 Å². The molecule has 0 aliphatic carbocycles. The molecule has 0 radical (unpaired) electrons. The van der Waals surface area contributed by atoms with E-state index in [1.807, 2.05) is 61.5 Å². The second-order valence-electron chi connectivity index (χ2n) is 6.63. The van der Waals surface area contributed by atoms with Gasteiger partial charge in [-0.2, -0.15) is 0 Å². The highest BCUT2D eigenvalue weighted by molar-refractivity contribution is 8.04. The molecule has 0 unspecified atom stereocenters. The lowest BCUT2D eigenvalue weighted by Crippen LogP contribution is -2.32. The number of hydrogen-bond donors (Lipinski definition) is 1. The first kappa shape index (κ1) is 20.5. The minimum Gasteiger partial charge on any atom is -0.350 e. The van der Waals surface area contributed by atoms with E-state index < -0.39 is 11.8 Å². The number of amides is 2. The van der Waals surface area contributed by atoms with E-state index in [1.165, 1.54) is 11.8 Å². The number of carbonyl (C=O) groups is 2. The first-order valence-electron chi connectivity index (χ1n) is 9.09. The Balaban J connectivity index is 1.78. The fraction of sp³-hybridized carbons (Fsp3) is 0.0435. The van der Waals surface area contributed by atoms with Crippen molar-refractivity contribution < 1.29 is 9.59 Å². The number of aryl methyl sites for hydroxylation is 1. The van der Waals surface area contributed by atoms with Gasteiger partial charge in [0.05, 0.1) is 15.7 Å². The molecule has 0 spiro atoms. The van der Waals surface area contributed by atoms with Gasteiger partial charge in [0.1, 0.15) is 10.6 Å². The van der Waals surface area contributed by atoms with Gasteiger partial charge in [0.15, 0.2) is 0 Å². The Bertz CT molecular complexity index is 1180. The molecule has 0 fully saturated rings. The van der Waals surface area contributed by atoms with E-state index in [1.54, 1.807) is 18.2 Å². The highest BCUT2D eigenvalue weighted by Gasteiger charge is 2.41. The molecule has 7 heteroatoms. The molecule has 0 saturated heterocycles. The first-order chi connectivity index (χ1) is 14.5. The molecule has 1 N–H and O–H groups in total. The van der Waals surface area contributed by atoms with Crippen LogP contribution in [-0.4, -0.2) is 11.8 Å². The predicted molar refractivity (Wildman–Crippen MR) is 123 cm³/mol. The number of anilines is 2. The molecule has 30 heavy (non-hydrogen) atoms. The van der Waals surface area contributed by atoms with Crippen molar-refractivity contribution in [1.29, 1.82) is 0 Å². The number of halogens is 2. The highest BCUT2D eigenvalue weighted by Crippen LogP contribution is 2.41. The van der Waals surface area contributed by atoms with Crippen LogP contribution in [0.5, 0.6) is 0 Å². The number of hydrogen-bond acceptors (Lipinski definition) is 4. The van der Waals surface area contributed by atoms with Gasteiger partial charge in [0.2, 0.25) is 0 Å². The first-order valence-corrected chi connectivity index (χ1v) is 10.7. The molecule has 4 rings (SSSR count). The molecule has 0 atom stereocenters. The van der Waals surface area contributed by atoms with Crippen molar-refractivity contribution in [3.05, 3.63) is 99.0 Å². The Hall–Kier alpha value is -2.73. The van der Waals surface area contributed by atoms with Crippen LogP contribution in [0, 0.1) is 6.92 Å². The summed E-state index contributed by atoms with van der Waals surface area (Å²) >= 11 is 13.7. The van der Waals surface area contributed by atoms with E-state index in [4.69, 9.17) is 23.2 Å². The van der Waals surface area contributed by atoms with Gasteiger partial charge in [-0.15, -0.1) is 0 Å². The normalized spacial score (nSPS) is 13.9. The number of nitrogens with one attached hydrogen (secondary N) is 1. The Labute approximate surface area is 188 Å². The van der Waals surface area contributed by atoms with Crippen LogP contribution >= 0.6 is 35.0 Å². The van der Waals surface area contributed by atoms with Crippen LogP contribution in [0.3, 0.4) is 0 Å². The zero-order chi connectivity index (χ0) is 21.3. The minimum atomic E-state index is -0.482. The molecular weight excluding hydrogens is 439 g/mol. The number of benzene rings is 3. The van der Waals surface area contributed by atoms with Crippen molar-refractivity contribution in [2.75, 3.05) is 10.2 Å². The minimum absolute atomic E-state index is 0.154. The van der Waals surface area contributed by atoms with E-state index in [0.717, 1.165) is 21.0 Å². The molecule has 0 saturated carbocycles. The summed E-state index contributed by atoms with van der Waals surface area (Å²) in [5.74, 6) is -0.933. The molecule has 1 aliphatic rings. The molecule has 150 valence electrons. The molecule has 3 aromatic carbocycles. The summed E-state index contributed by atoms with van der Waals surface area (Å²) in [7, 11) is 0. The maximum Gasteiger partial charge on any atom is 0.283 e. The number of nitrogens with zero attached hydrogens (tertiary/aromatic N) is 1. The Morgan fingerprint density at radius 1 is 0.867 bits per heavy atom. The van der Waals surface area contributed by atoms with E-state index in [2.05, 4.69) is 5.32 Å². The van der Waals surface area contributed by atoms with Crippen LogP contribution in [0.1, 0.15) is 5.56 Å². The van der Waals surface area contributed by atoms with E-state index in [0.29, 0.717) is 4.91 Å². The monoisotopic (exact) mass is 454 g/mol. The topological polar surface area (TPSA) is 49.4 Å². The summed E-state index contributed by atoms with van der Waals surface area (Å²) in [5, 5.41) is 3.56. The van der Waals surface area contributed by atoms with Crippen molar-refractivity contribution in [2.24, 2.45) is 0 Å². The lowest BCUT2D eigenvalue weighted by Gasteiger charge is -2.17. The SMILES string of the molecule is Cc1cccc(NC2=C(Sc3ccccc3)C(=O)N(c3cccc(Cl)c3Cl)C2=O)c1. The van der Waals surface area contributed by atoms with Crippen molar-refractivity contribution in [2.45, 2.75) is 11.8 Å². The number of thioether (sulfide) groups is 1. The largest absolute Gasteiger partial charge is 0.350 e. The van der Waals surface area contributed by atoms with Crippen LogP contribution in [0.25, 0.3) is 0 Å².